The fourth-order valence-electron chi connectivity index (χ4n) is 5.76. The first-order chi connectivity index (χ1) is 17.6. The zero-order valence-corrected chi connectivity index (χ0v) is 21.4. The molecule has 3 aromatic heterocycles. The van der Waals surface area contributed by atoms with Crippen LogP contribution < -0.4 is 5.69 Å². The lowest BCUT2D eigenvalue weighted by atomic mass is 9.96. The number of unbranched alkanes of at least 4 members (excludes halogenated alkanes) is 1. The normalized spacial score (nSPS) is 19.7. The molecule has 1 aliphatic carbocycles. The van der Waals surface area contributed by atoms with E-state index >= 15 is 0 Å². The molecule has 36 heavy (non-hydrogen) atoms. The number of pyridine rings is 1. The van der Waals surface area contributed by atoms with Crippen molar-refractivity contribution in [2.24, 2.45) is 11.8 Å². The molecule has 0 amide bonds. The van der Waals surface area contributed by atoms with E-state index in [1.165, 1.54) is 12.8 Å². The van der Waals surface area contributed by atoms with Gasteiger partial charge in [0.25, 0.3) is 0 Å². The topological polar surface area (TPSA) is 94.3 Å². The van der Waals surface area contributed by atoms with E-state index in [0.717, 1.165) is 53.8 Å². The van der Waals surface area contributed by atoms with Crippen LogP contribution in [0.5, 0.6) is 0 Å². The van der Waals surface area contributed by atoms with Crippen molar-refractivity contribution in [3.8, 4) is 22.5 Å². The fraction of sp³-hybridized carbons (Fsp3) is 0.464. The first-order valence-corrected chi connectivity index (χ1v) is 13.2. The molecular formula is C28H35N7O. The number of tetrazole rings is 1. The summed E-state index contributed by atoms with van der Waals surface area (Å²) in [6.45, 7) is 7.22. The molecule has 1 aliphatic rings. The third-order valence-electron chi connectivity index (χ3n) is 7.75. The van der Waals surface area contributed by atoms with Crippen LogP contribution in [0.1, 0.15) is 70.3 Å². The van der Waals surface area contributed by atoms with Gasteiger partial charge in [-0.05, 0) is 54.4 Å². The summed E-state index contributed by atoms with van der Waals surface area (Å²) in [5.74, 6) is 1.65. The van der Waals surface area contributed by atoms with E-state index in [9.17, 15) is 4.79 Å². The van der Waals surface area contributed by atoms with Crippen LogP contribution in [0.25, 0.3) is 22.5 Å². The van der Waals surface area contributed by atoms with E-state index in [2.05, 4.69) is 53.7 Å². The monoisotopic (exact) mass is 485 g/mol. The molecule has 0 aliphatic heterocycles. The predicted octanol–water partition coefficient (Wildman–Crippen LogP) is 5.28. The molecule has 1 N–H and O–H groups in total. The van der Waals surface area contributed by atoms with Crippen LogP contribution in [-0.4, -0.2) is 34.7 Å². The lowest BCUT2D eigenvalue weighted by Gasteiger charge is -2.22. The van der Waals surface area contributed by atoms with Gasteiger partial charge in [-0.2, -0.15) is 5.21 Å². The Morgan fingerprint density at radius 3 is 2.61 bits per heavy atom. The van der Waals surface area contributed by atoms with Crippen LogP contribution in [0, 0.1) is 11.8 Å². The summed E-state index contributed by atoms with van der Waals surface area (Å²) < 4.78 is 4.00. The summed E-state index contributed by atoms with van der Waals surface area (Å²) >= 11 is 0. The van der Waals surface area contributed by atoms with Crippen molar-refractivity contribution in [2.45, 2.75) is 71.9 Å². The van der Waals surface area contributed by atoms with Gasteiger partial charge in [-0.25, -0.2) is 4.79 Å². The maximum Gasteiger partial charge on any atom is 0.328 e. The summed E-state index contributed by atoms with van der Waals surface area (Å²) in [5, 5.41) is 14.5. The number of nitrogens with zero attached hydrogens (tertiary/aromatic N) is 6. The Morgan fingerprint density at radius 1 is 1.08 bits per heavy atom. The van der Waals surface area contributed by atoms with Gasteiger partial charge in [0.1, 0.15) is 0 Å². The summed E-state index contributed by atoms with van der Waals surface area (Å²) in [6, 6.07) is 12.3. The molecule has 0 saturated heterocycles. The zero-order valence-electron chi connectivity index (χ0n) is 21.4. The Kier molecular flexibility index (Phi) is 7.11. The van der Waals surface area contributed by atoms with Crippen molar-refractivity contribution in [2.75, 3.05) is 0 Å². The van der Waals surface area contributed by atoms with E-state index in [4.69, 9.17) is 4.98 Å². The molecule has 0 radical (unpaired) electrons. The number of aryl methyl sites for hydroxylation is 1. The summed E-state index contributed by atoms with van der Waals surface area (Å²) in [5.41, 5.74) is 4.95. The second kappa shape index (κ2) is 10.6. The molecule has 0 bridgehead atoms. The molecule has 4 aromatic rings. The van der Waals surface area contributed by atoms with Crippen molar-refractivity contribution in [3.63, 3.8) is 0 Å². The molecular weight excluding hydrogens is 450 g/mol. The lowest BCUT2D eigenvalue weighted by Crippen LogP contribution is -2.31. The molecule has 5 rings (SSSR count). The van der Waals surface area contributed by atoms with Crippen LogP contribution in [-0.2, 0) is 13.0 Å². The Labute approximate surface area is 211 Å². The molecule has 1 fully saturated rings. The second-order valence-electron chi connectivity index (χ2n) is 10.0. The first-order valence-electron chi connectivity index (χ1n) is 13.2. The maximum atomic E-state index is 13.7. The van der Waals surface area contributed by atoms with Gasteiger partial charge in [-0.1, -0.05) is 63.9 Å². The highest BCUT2D eigenvalue weighted by atomic mass is 16.1. The molecule has 0 spiro atoms. The highest BCUT2D eigenvalue weighted by molar-refractivity contribution is 5.79. The van der Waals surface area contributed by atoms with Crippen LogP contribution >= 0.6 is 0 Å². The third kappa shape index (κ3) is 4.64. The Hall–Kier alpha value is -3.55. The highest BCUT2D eigenvalue weighted by Gasteiger charge is 2.35. The summed E-state index contributed by atoms with van der Waals surface area (Å²) in [4.78, 5) is 18.4. The number of rotatable bonds is 9. The number of hydrogen-bond donors (Lipinski definition) is 1. The predicted molar refractivity (Wildman–Crippen MR) is 140 cm³/mol. The van der Waals surface area contributed by atoms with Crippen molar-refractivity contribution in [1.82, 2.24) is 34.7 Å². The SMILES string of the molecule is CCCCc1cn(C2C(C)CCC2CC)c(=O)n1Cc1ccc(-c2ccccc2-c2nn[nH]n2)cn1. The summed E-state index contributed by atoms with van der Waals surface area (Å²) in [7, 11) is 0. The number of hydrogen-bond acceptors (Lipinski definition) is 5. The minimum absolute atomic E-state index is 0.103. The molecule has 3 heterocycles. The number of aromatic nitrogens is 7. The average Bonchev–Trinajstić information content (AvgIpc) is 3.64. The standard InChI is InChI=1S/C28H35N7O/c1-4-6-9-23-18-35(26-19(3)12-13-20(26)5-2)28(36)34(23)17-22-15-14-21(16-29-22)24-10-7-8-11-25(24)27-30-32-33-31-27/h7-8,10-11,14-16,18-20,26H,4-6,9,12-13,17H2,1-3H3,(H,30,31,32,33). The fourth-order valence-corrected chi connectivity index (χ4v) is 5.76. The molecule has 8 nitrogen and oxygen atoms in total. The van der Waals surface area contributed by atoms with Crippen LogP contribution in [0.15, 0.2) is 53.6 Å². The number of aromatic amines is 1. The molecule has 3 atom stereocenters. The zero-order chi connectivity index (χ0) is 25.1. The molecule has 8 heteroatoms. The third-order valence-corrected chi connectivity index (χ3v) is 7.75. The van der Waals surface area contributed by atoms with Gasteiger partial charge >= 0.3 is 5.69 Å². The molecule has 188 valence electrons. The highest BCUT2D eigenvalue weighted by Crippen LogP contribution is 2.41. The van der Waals surface area contributed by atoms with Gasteiger partial charge in [0.2, 0.25) is 5.82 Å². The number of H-pyrrole nitrogens is 1. The Morgan fingerprint density at radius 2 is 1.92 bits per heavy atom. The van der Waals surface area contributed by atoms with E-state index < -0.39 is 0 Å². The lowest BCUT2D eigenvalue weighted by molar-refractivity contribution is 0.307. The molecule has 3 unspecified atom stereocenters. The summed E-state index contributed by atoms with van der Waals surface area (Å²) in [6.07, 6.45) is 10.6. The number of nitrogens with one attached hydrogen (secondary N) is 1. The van der Waals surface area contributed by atoms with E-state index in [0.29, 0.717) is 30.2 Å². The van der Waals surface area contributed by atoms with E-state index in [1.807, 2.05) is 45.7 Å². The second-order valence-corrected chi connectivity index (χ2v) is 10.0. The van der Waals surface area contributed by atoms with Crippen LogP contribution in [0.2, 0.25) is 0 Å². The minimum atomic E-state index is 0.103. The number of benzene rings is 1. The van der Waals surface area contributed by atoms with Crippen molar-refractivity contribution < 1.29 is 0 Å². The van der Waals surface area contributed by atoms with Crippen molar-refractivity contribution in [3.05, 3.63) is 70.7 Å². The Balaban J connectivity index is 1.45. The first kappa shape index (κ1) is 24.2. The van der Waals surface area contributed by atoms with Gasteiger partial charge < -0.3 is 0 Å². The smallest absolute Gasteiger partial charge is 0.295 e. The minimum Gasteiger partial charge on any atom is -0.295 e. The van der Waals surface area contributed by atoms with Gasteiger partial charge in [0.15, 0.2) is 0 Å². The van der Waals surface area contributed by atoms with Crippen molar-refractivity contribution in [1.29, 1.82) is 0 Å². The van der Waals surface area contributed by atoms with E-state index in [-0.39, 0.29) is 5.69 Å². The number of imidazole rings is 1. The molecule has 1 aromatic carbocycles. The average molecular weight is 486 g/mol. The van der Waals surface area contributed by atoms with Crippen LogP contribution in [0.3, 0.4) is 0 Å². The quantitative estimate of drug-likeness (QED) is 0.348. The van der Waals surface area contributed by atoms with Gasteiger partial charge in [-0.15, -0.1) is 10.2 Å². The largest absolute Gasteiger partial charge is 0.328 e. The maximum absolute atomic E-state index is 13.7. The van der Waals surface area contributed by atoms with Crippen LogP contribution in [0.4, 0.5) is 0 Å². The van der Waals surface area contributed by atoms with Gasteiger partial charge in [0.05, 0.1) is 12.2 Å². The van der Waals surface area contributed by atoms with Crippen molar-refractivity contribution >= 4 is 0 Å². The Bertz CT molecular complexity index is 1340. The van der Waals surface area contributed by atoms with E-state index in [1.54, 1.807) is 0 Å². The molecule has 1 saturated carbocycles. The van der Waals surface area contributed by atoms with Gasteiger partial charge in [0, 0.05) is 35.3 Å². The van der Waals surface area contributed by atoms with Gasteiger partial charge in [-0.3, -0.25) is 14.1 Å².